The summed E-state index contributed by atoms with van der Waals surface area (Å²) in [6.07, 6.45) is 3.00. The third-order valence-electron chi connectivity index (χ3n) is 4.82. The van der Waals surface area contributed by atoms with Gasteiger partial charge in [0.2, 0.25) is 0 Å². The van der Waals surface area contributed by atoms with Crippen molar-refractivity contribution in [1.29, 1.82) is 0 Å². The minimum absolute atomic E-state index is 0.133. The van der Waals surface area contributed by atoms with Gasteiger partial charge in [-0.05, 0) is 42.0 Å². The van der Waals surface area contributed by atoms with Crippen molar-refractivity contribution in [1.82, 2.24) is 9.55 Å². The second kappa shape index (κ2) is 7.98. The molecule has 6 nitrogen and oxygen atoms in total. The van der Waals surface area contributed by atoms with E-state index in [1.54, 1.807) is 30.6 Å². The van der Waals surface area contributed by atoms with Crippen molar-refractivity contribution >= 4 is 34.6 Å². The molecule has 1 aromatic heterocycles. The van der Waals surface area contributed by atoms with E-state index in [1.807, 2.05) is 53.1 Å². The predicted octanol–water partition coefficient (Wildman–Crippen LogP) is 4.05. The topological polar surface area (TPSA) is 90.0 Å². The van der Waals surface area contributed by atoms with Crippen molar-refractivity contribution in [3.8, 4) is 0 Å². The number of fused-ring (bicyclic) bond motifs is 1. The average molecular weight is 384 g/mol. The molecular weight excluding hydrogens is 364 g/mol. The van der Waals surface area contributed by atoms with E-state index in [1.165, 1.54) is 0 Å². The number of hydrogen-bond donors (Lipinski definition) is 2. The Morgan fingerprint density at radius 2 is 1.90 bits per heavy atom. The third kappa shape index (κ3) is 3.87. The minimum atomic E-state index is -0.237. The Labute approximate surface area is 168 Å². The number of anilines is 2. The van der Waals surface area contributed by atoms with Gasteiger partial charge in [0.15, 0.2) is 0 Å². The molecule has 1 unspecified atom stereocenters. The fraction of sp³-hybridized carbons (Fsp3) is 0.0870. The number of aromatic nitrogens is 2. The first-order valence-corrected chi connectivity index (χ1v) is 9.28. The van der Waals surface area contributed by atoms with Crippen molar-refractivity contribution in [3.63, 3.8) is 0 Å². The molecule has 144 valence electrons. The van der Waals surface area contributed by atoms with Crippen LogP contribution < -0.4 is 11.1 Å². The molecule has 1 atom stereocenters. The highest BCUT2D eigenvalue weighted by Crippen LogP contribution is 2.27. The van der Waals surface area contributed by atoms with Crippen LogP contribution in [0.25, 0.3) is 11.0 Å². The Kier molecular flexibility index (Phi) is 5.07. The van der Waals surface area contributed by atoms with Gasteiger partial charge in [-0.15, -0.1) is 0 Å². The van der Waals surface area contributed by atoms with Crippen LogP contribution in [0.2, 0.25) is 0 Å². The summed E-state index contributed by atoms with van der Waals surface area (Å²) in [5, 5.41) is 2.87. The Morgan fingerprint density at radius 1 is 1.07 bits per heavy atom. The lowest BCUT2D eigenvalue weighted by atomic mass is 10.0. The molecule has 0 aliphatic carbocycles. The van der Waals surface area contributed by atoms with Gasteiger partial charge in [-0.3, -0.25) is 4.79 Å². The van der Waals surface area contributed by atoms with Gasteiger partial charge < -0.3 is 20.4 Å². The normalized spacial score (nSPS) is 11.9. The van der Waals surface area contributed by atoms with Crippen LogP contribution in [-0.2, 0) is 4.79 Å². The second-order valence-corrected chi connectivity index (χ2v) is 6.76. The molecule has 6 heteroatoms. The predicted molar refractivity (Wildman–Crippen MR) is 114 cm³/mol. The lowest BCUT2D eigenvalue weighted by molar-refractivity contribution is -0.108. The molecule has 4 rings (SSSR count). The van der Waals surface area contributed by atoms with Gasteiger partial charge in [0.1, 0.15) is 6.29 Å². The summed E-state index contributed by atoms with van der Waals surface area (Å²) in [6.45, 7) is 0. The molecule has 1 heterocycles. The maximum atomic E-state index is 12.5. The first-order chi connectivity index (χ1) is 14.2. The average Bonchev–Trinajstić information content (AvgIpc) is 3.15. The number of hydrogen-bond acceptors (Lipinski definition) is 4. The summed E-state index contributed by atoms with van der Waals surface area (Å²) in [7, 11) is 0. The number of carbonyl (C=O) groups excluding carboxylic acids is 2. The van der Waals surface area contributed by atoms with Gasteiger partial charge in [0, 0.05) is 23.4 Å². The summed E-state index contributed by atoms with van der Waals surface area (Å²) in [6, 6.07) is 22.1. The number of nitrogen functional groups attached to an aromatic ring is 1. The number of amides is 1. The number of nitrogens with one attached hydrogen (secondary N) is 1. The van der Waals surface area contributed by atoms with Crippen LogP contribution in [0.4, 0.5) is 11.4 Å². The molecule has 3 N–H and O–H groups in total. The van der Waals surface area contributed by atoms with Crippen molar-refractivity contribution in [2.45, 2.75) is 12.5 Å². The maximum Gasteiger partial charge on any atom is 0.255 e. The fourth-order valence-corrected chi connectivity index (χ4v) is 3.42. The number of aldehydes is 1. The SMILES string of the molecule is Nc1cccc(C(=O)Nc2ccc3c(c2)ncn3C(CC=O)c2ccccc2)c1. The second-order valence-electron chi connectivity index (χ2n) is 6.76. The zero-order valence-electron chi connectivity index (χ0n) is 15.7. The Bertz CT molecular complexity index is 1170. The molecule has 0 spiro atoms. The van der Waals surface area contributed by atoms with E-state index in [9.17, 15) is 9.59 Å². The molecule has 3 aromatic carbocycles. The first-order valence-electron chi connectivity index (χ1n) is 9.28. The summed E-state index contributed by atoms with van der Waals surface area (Å²) >= 11 is 0. The van der Waals surface area contributed by atoms with Crippen LogP contribution in [0, 0.1) is 0 Å². The number of nitrogens with zero attached hydrogens (tertiary/aromatic N) is 2. The van der Waals surface area contributed by atoms with Gasteiger partial charge in [-0.2, -0.15) is 0 Å². The van der Waals surface area contributed by atoms with Crippen molar-refractivity contribution in [3.05, 3.63) is 90.3 Å². The van der Waals surface area contributed by atoms with E-state index in [2.05, 4.69) is 10.3 Å². The molecular formula is C23H20N4O2. The molecule has 1 amide bonds. The Morgan fingerprint density at radius 3 is 2.66 bits per heavy atom. The molecule has 0 saturated heterocycles. The molecule has 0 aliphatic heterocycles. The summed E-state index contributed by atoms with van der Waals surface area (Å²) in [4.78, 5) is 28.2. The standard InChI is InChI=1S/C23H20N4O2/c24-18-8-4-7-17(13-18)23(29)26-19-9-10-22-20(14-19)25-15-27(22)21(11-12-28)16-5-2-1-3-6-16/h1-10,12-15,21H,11,24H2,(H,26,29). The number of nitrogens with two attached hydrogens (primary N) is 1. The van der Waals surface area contributed by atoms with Crippen LogP contribution in [0.15, 0.2) is 79.1 Å². The van der Waals surface area contributed by atoms with E-state index in [0.29, 0.717) is 23.4 Å². The Balaban J connectivity index is 1.63. The molecule has 0 bridgehead atoms. The van der Waals surface area contributed by atoms with Crippen LogP contribution >= 0.6 is 0 Å². The van der Waals surface area contributed by atoms with Crippen molar-refractivity contribution in [2.24, 2.45) is 0 Å². The van der Waals surface area contributed by atoms with E-state index in [-0.39, 0.29) is 11.9 Å². The monoisotopic (exact) mass is 384 g/mol. The Hall–Kier alpha value is -3.93. The number of rotatable bonds is 6. The van der Waals surface area contributed by atoms with Crippen molar-refractivity contribution in [2.75, 3.05) is 11.1 Å². The summed E-state index contributed by atoms with van der Waals surface area (Å²) in [5.74, 6) is -0.237. The summed E-state index contributed by atoms with van der Waals surface area (Å²) in [5.41, 5.74) is 10.1. The highest BCUT2D eigenvalue weighted by Gasteiger charge is 2.16. The van der Waals surface area contributed by atoms with Crippen molar-refractivity contribution < 1.29 is 9.59 Å². The van der Waals surface area contributed by atoms with Crippen LogP contribution in [0.1, 0.15) is 28.4 Å². The first kappa shape index (κ1) is 18.4. The van der Waals surface area contributed by atoms with Gasteiger partial charge in [0.05, 0.1) is 23.4 Å². The molecule has 0 fully saturated rings. The van der Waals surface area contributed by atoms with E-state index < -0.39 is 0 Å². The highest BCUT2D eigenvalue weighted by atomic mass is 16.1. The largest absolute Gasteiger partial charge is 0.399 e. The smallest absolute Gasteiger partial charge is 0.255 e. The highest BCUT2D eigenvalue weighted by molar-refractivity contribution is 6.05. The third-order valence-corrected chi connectivity index (χ3v) is 4.82. The summed E-state index contributed by atoms with van der Waals surface area (Å²) < 4.78 is 1.99. The van der Waals surface area contributed by atoms with Crippen LogP contribution in [0.3, 0.4) is 0 Å². The van der Waals surface area contributed by atoms with Crippen LogP contribution in [-0.4, -0.2) is 21.7 Å². The molecule has 0 aliphatic rings. The lowest BCUT2D eigenvalue weighted by Crippen LogP contribution is -2.12. The molecule has 29 heavy (non-hydrogen) atoms. The van der Waals surface area contributed by atoms with E-state index in [4.69, 9.17) is 5.73 Å². The van der Waals surface area contributed by atoms with Crippen LogP contribution in [0.5, 0.6) is 0 Å². The molecule has 0 saturated carbocycles. The number of carbonyl (C=O) groups is 2. The lowest BCUT2D eigenvalue weighted by Gasteiger charge is -2.17. The zero-order valence-corrected chi connectivity index (χ0v) is 15.7. The molecule has 4 aromatic rings. The number of benzene rings is 3. The van der Waals surface area contributed by atoms with Gasteiger partial charge in [-0.1, -0.05) is 36.4 Å². The van der Waals surface area contributed by atoms with Gasteiger partial charge >= 0.3 is 0 Å². The maximum absolute atomic E-state index is 12.5. The van der Waals surface area contributed by atoms with E-state index in [0.717, 1.165) is 22.9 Å². The zero-order chi connectivity index (χ0) is 20.2. The van der Waals surface area contributed by atoms with Gasteiger partial charge in [-0.25, -0.2) is 4.98 Å². The minimum Gasteiger partial charge on any atom is -0.399 e. The quantitative estimate of drug-likeness (QED) is 0.388. The molecule has 0 radical (unpaired) electrons. The number of imidazole rings is 1. The van der Waals surface area contributed by atoms with Gasteiger partial charge in [0.25, 0.3) is 5.91 Å². The van der Waals surface area contributed by atoms with E-state index >= 15 is 0 Å². The fourth-order valence-electron chi connectivity index (χ4n) is 3.42.